The molecule has 0 radical (unpaired) electrons. The summed E-state index contributed by atoms with van der Waals surface area (Å²) in [7, 11) is -3.76. The zero-order chi connectivity index (χ0) is 22.9. The van der Waals surface area contributed by atoms with Gasteiger partial charge in [0.05, 0.1) is 17.0 Å². The molecular formula is C23H27N3O5S. The SMILES string of the molecule is CC[C@H]1Oc2ccc(S(=O)(=O)N3CCN(C(=O)Cc4ccc(C)cc4)CC3)cc2NC1=O. The van der Waals surface area contributed by atoms with Crippen molar-refractivity contribution in [1.82, 2.24) is 9.21 Å². The number of rotatable bonds is 5. The number of aryl methyl sites for hydroxylation is 1. The summed E-state index contributed by atoms with van der Waals surface area (Å²) in [6.45, 7) is 4.97. The molecule has 1 N–H and O–H groups in total. The van der Waals surface area contributed by atoms with Crippen LogP contribution in [0.5, 0.6) is 5.75 Å². The van der Waals surface area contributed by atoms with Crippen LogP contribution in [0.3, 0.4) is 0 Å². The fraction of sp³-hybridized carbons (Fsp3) is 0.391. The summed E-state index contributed by atoms with van der Waals surface area (Å²) in [5, 5.41) is 2.73. The van der Waals surface area contributed by atoms with Gasteiger partial charge in [-0.3, -0.25) is 9.59 Å². The zero-order valence-electron chi connectivity index (χ0n) is 18.2. The molecule has 32 heavy (non-hydrogen) atoms. The van der Waals surface area contributed by atoms with Gasteiger partial charge in [0, 0.05) is 26.2 Å². The Bertz CT molecular complexity index is 1120. The minimum Gasteiger partial charge on any atom is -0.478 e. The van der Waals surface area contributed by atoms with Gasteiger partial charge in [0.1, 0.15) is 5.75 Å². The molecule has 2 heterocycles. The fourth-order valence-corrected chi connectivity index (χ4v) is 5.33. The molecule has 2 aromatic carbocycles. The predicted molar refractivity (Wildman–Crippen MR) is 120 cm³/mol. The number of hydrogen-bond donors (Lipinski definition) is 1. The number of amides is 2. The number of nitrogens with zero attached hydrogens (tertiary/aromatic N) is 2. The molecule has 0 aromatic heterocycles. The first kappa shape index (κ1) is 22.3. The van der Waals surface area contributed by atoms with Crippen LogP contribution in [0, 0.1) is 6.92 Å². The van der Waals surface area contributed by atoms with Gasteiger partial charge in [-0.2, -0.15) is 4.31 Å². The molecule has 2 aliphatic heterocycles. The van der Waals surface area contributed by atoms with Crippen LogP contribution in [0.4, 0.5) is 5.69 Å². The lowest BCUT2D eigenvalue weighted by atomic mass is 10.1. The van der Waals surface area contributed by atoms with Crippen molar-refractivity contribution in [2.45, 2.75) is 37.7 Å². The van der Waals surface area contributed by atoms with Gasteiger partial charge in [0.25, 0.3) is 5.91 Å². The molecule has 1 saturated heterocycles. The Hall–Kier alpha value is -2.91. The summed E-state index contributed by atoms with van der Waals surface area (Å²) in [5.74, 6) is 0.169. The van der Waals surface area contributed by atoms with Crippen LogP contribution >= 0.6 is 0 Å². The lowest BCUT2D eigenvalue weighted by Gasteiger charge is -2.34. The number of anilines is 1. The van der Waals surface area contributed by atoms with E-state index in [2.05, 4.69) is 5.32 Å². The molecule has 170 valence electrons. The van der Waals surface area contributed by atoms with Gasteiger partial charge in [-0.25, -0.2) is 8.42 Å². The van der Waals surface area contributed by atoms with E-state index in [9.17, 15) is 18.0 Å². The summed E-state index contributed by atoms with van der Waals surface area (Å²) < 4.78 is 33.3. The first-order valence-electron chi connectivity index (χ1n) is 10.7. The molecule has 9 heteroatoms. The molecule has 2 aromatic rings. The number of hydrogen-bond acceptors (Lipinski definition) is 5. The van der Waals surface area contributed by atoms with Crippen molar-refractivity contribution < 1.29 is 22.7 Å². The van der Waals surface area contributed by atoms with Gasteiger partial charge in [-0.15, -0.1) is 0 Å². The molecule has 4 rings (SSSR count). The first-order chi connectivity index (χ1) is 15.3. The van der Waals surface area contributed by atoms with Crippen molar-refractivity contribution in [3.8, 4) is 5.75 Å². The Morgan fingerprint density at radius 3 is 2.44 bits per heavy atom. The van der Waals surface area contributed by atoms with Crippen LogP contribution in [0.15, 0.2) is 47.4 Å². The number of ether oxygens (including phenoxy) is 1. The Morgan fingerprint density at radius 1 is 1.09 bits per heavy atom. The number of nitrogens with one attached hydrogen (secondary N) is 1. The monoisotopic (exact) mass is 457 g/mol. The second-order valence-corrected chi connectivity index (χ2v) is 10.0. The molecule has 2 amide bonds. The van der Waals surface area contributed by atoms with Crippen molar-refractivity contribution in [2.75, 3.05) is 31.5 Å². The van der Waals surface area contributed by atoms with Gasteiger partial charge in [-0.1, -0.05) is 36.8 Å². The number of sulfonamides is 1. The van der Waals surface area contributed by atoms with E-state index in [1.807, 2.05) is 38.1 Å². The average Bonchev–Trinajstić information content (AvgIpc) is 2.79. The van der Waals surface area contributed by atoms with Crippen LogP contribution < -0.4 is 10.1 Å². The number of carbonyl (C=O) groups is 2. The van der Waals surface area contributed by atoms with Crippen molar-refractivity contribution in [3.63, 3.8) is 0 Å². The third-order valence-electron chi connectivity index (χ3n) is 5.85. The third-order valence-corrected chi connectivity index (χ3v) is 7.74. The third kappa shape index (κ3) is 4.49. The van der Waals surface area contributed by atoms with Crippen molar-refractivity contribution in [3.05, 3.63) is 53.6 Å². The van der Waals surface area contributed by atoms with E-state index in [1.165, 1.54) is 16.4 Å². The maximum absolute atomic E-state index is 13.1. The van der Waals surface area contributed by atoms with Crippen molar-refractivity contribution in [2.24, 2.45) is 0 Å². The second-order valence-electron chi connectivity index (χ2n) is 8.11. The largest absolute Gasteiger partial charge is 0.478 e. The van der Waals surface area contributed by atoms with Crippen LogP contribution in [0.1, 0.15) is 24.5 Å². The van der Waals surface area contributed by atoms with E-state index in [0.29, 0.717) is 37.4 Å². The minimum absolute atomic E-state index is 0.00924. The highest BCUT2D eigenvalue weighted by atomic mass is 32.2. The second kappa shape index (κ2) is 8.91. The number of piperazine rings is 1. The molecular weight excluding hydrogens is 430 g/mol. The van der Waals surface area contributed by atoms with E-state index >= 15 is 0 Å². The first-order valence-corrected chi connectivity index (χ1v) is 12.2. The predicted octanol–water partition coefficient (Wildman–Crippen LogP) is 2.18. The van der Waals surface area contributed by atoms with E-state index in [0.717, 1.165) is 11.1 Å². The highest BCUT2D eigenvalue weighted by Crippen LogP contribution is 2.33. The fourth-order valence-electron chi connectivity index (χ4n) is 3.88. The highest BCUT2D eigenvalue weighted by molar-refractivity contribution is 7.89. The summed E-state index contributed by atoms with van der Waals surface area (Å²) in [6.07, 6.45) is 0.254. The summed E-state index contributed by atoms with van der Waals surface area (Å²) in [6, 6.07) is 12.3. The van der Waals surface area contributed by atoms with E-state index in [1.54, 1.807) is 11.0 Å². The molecule has 0 aliphatic carbocycles. The van der Waals surface area contributed by atoms with Gasteiger partial charge in [0.15, 0.2) is 6.10 Å². The molecule has 2 aliphatic rings. The average molecular weight is 458 g/mol. The smallest absolute Gasteiger partial charge is 0.265 e. The van der Waals surface area contributed by atoms with Crippen LogP contribution in [0.25, 0.3) is 0 Å². The molecule has 1 atom stereocenters. The Labute approximate surface area is 188 Å². The lowest BCUT2D eigenvalue weighted by Crippen LogP contribution is -2.50. The Morgan fingerprint density at radius 2 is 1.78 bits per heavy atom. The minimum atomic E-state index is -3.76. The van der Waals surface area contributed by atoms with Crippen molar-refractivity contribution in [1.29, 1.82) is 0 Å². The summed E-state index contributed by atoms with van der Waals surface area (Å²) in [4.78, 5) is 26.5. The van der Waals surface area contributed by atoms with Gasteiger partial charge in [0.2, 0.25) is 15.9 Å². The number of benzene rings is 2. The maximum atomic E-state index is 13.1. The van der Waals surface area contributed by atoms with Crippen molar-refractivity contribution >= 4 is 27.5 Å². The highest BCUT2D eigenvalue weighted by Gasteiger charge is 2.32. The summed E-state index contributed by atoms with van der Waals surface area (Å²) in [5.41, 5.74) is 2.44. The van der Waals surface area contributed by atoms with Gasteiger partial charge >= 0.3 is 0 Å². The Kier molecular flexibility index (Phi) is 6.21. The molecule has 0 bridgehead atoms. The van der Waals surface area contributed by atoms with E-state index in [-0.39, 0.29) is 29.8 Å². The zero-order valence-corrected chi connectivity index (χ0v) is 19.0. The van der Waals surface area contributed by atoms with Gasteiger partial charge < -0.3 is 15.0 Å². The molecule has 0 spiro atoms. The standard InChI is InChI=1S/C23H27N3O5S/c1-3-20-23(28)24-19-15-18(8-9-21(19)31-20)32(29,30)26-12-10-25(11-13-26)22(27)14-17-6-4-16(2)5-7-17/h4-9,15,20H,3,10-14H2,1-2H3,(H,24,28)/t20-/m1/s1. The lowest BCUT2D eigenvalue weighted by molar-refractivity contribution is -0.131. The van der Waals surface area contributed by atoms with Crippen LogP contribution in [-0.2, 0) is 26.0 Å². The number of fused-ring (bicyclic) bond motifs is 1. The maximum Gasteiger partial charge on any atom is 0.265 e. The van der Waals surface area contributed by atoms with E-state index in [4.69, 9.17) is 4.74 Å². The Balaban J connectivity index is 1.41. The quantitative estimate of drug-likeness (QED) is 0.743. The van der Waals surface area contributed by atoms with Crippen LogP contribution in [-0.4, -0.2) is 61.7 Å². The molecule has 1 fully saturated rings. The number of carbonyl (C=O) groups excluding carboxylic acids is 2. The van der Waals surface area contributed by atoms with E-state index < -0.39 is 16.1 Å². The van der Waals surface area contributed by atoms with Crippen LogP contribution in [0.2, 0.25) is 0 Å². The molecule has 8 nitrogen and oxygen atoms in total. The normalized spacial score (nSPS) is 19.1. The summed E-state index contributed by atoms with van der Waals surface area (Å²) >= 11 is 0. The molecule has 0 unspecified atom stereocenters. The molecule has 0 saturated carbocycles. The topological polar surface area (TPSA) is 96.0 Å². The van der Waals surface area contributed by atoms with Gasteiger partial charge in [-0.05, 0) is 37.1 Å².